The first-order chi connectivity index (χ1) is 31.7. The molecule has 0 spiro atoms. The fourth-order valence-electron chi connectivity index (χ4n) is 7.67. The van der Waals surface area contributed by atoms with Crippen LogP contribution in [0.4, 0.5) is 5.69 Å². The van der Waals surface area contributed by atoms with Gasteiger partial charge in [-0.3, -0.25) is 23.2 Å². The lowest BCUT2D eigenvalue weighted by atomic mass is 9.77. The zero-order valence-corrected chi connectivity index (χ0v) is 39.6. The number of hydroxylamine groups is 2. The Morgan fingerprint density at radius 1 is 0.821 bits per heavy atom. The van der Waals surface area contributed by atoms with Crippen molar-refractivity contribution >= 4 is 59.9 Å². The van der Waals surface area contributed by atoms with E-state index < -0.39 is 65.1 Å². The van der Waals surface area contributed by atoms with E-state index in [0.29, 0.717) is 60.7 Å². The minimum atomic E-state index is -4.65. The van der Waals surface area contributed by atoms with Crippen LogP contribution >= 0.6 is 0 Å². The number of hydrogen-bond acceptors (Lipinski definition) is 16. The molecule has 1 aliphatic carbocycles. The highest BCUT2D eigenvalue weighted by atomic mass is 32.2. The number of carbonyl (C=O) groups excluding carboxylic acids is 3. The first kappa shape index (κ1) is 53.1. The summed E-state index contributed by atoms with van der Waals surface area (Å²) in [5.74, 6) is -2.46. The van der Waals surface area contributed by atoms with Crippen LogP contribution in [0.25, 0.3) is 17.4 Å². The smallest absolute Gasteiger partial charge is 0.335 e. The van der Waals surface area contributed by atoms with Crippen LogP contribution in [0.15, 0.2) is 75.9 Å². The van der Waals surface area contributed by atoms with E-state index in [4.69, 9.17) is 28.2 Å². The van der Waals surface area contributed by atoms with Crippen LogP contribution in [-0.2, 0) is 73.9 Å². The largest absolute Gasteiger partial charge is 0.464 e. The number of nitrogens with zero attached hydrogens (tertiary/aromatic N) is 3. The standard InChI is InChI=1S/C43H55N3O18S3/c1-43(16-4-28-65(50,51)52)36-31-34(67(56,57)58)9-11-37(36)45(19-23-62-27-26-60-20-15-42(49)64-46-40(47)12-13-41(46)48)39(43)7-3-6-32-14-21-63-38-30-33(8-10-35(32)38)44(17-5-29-66(53,54)55)18-22-61-25-24-59-2/h3,6-11,14,21,30-31H,4-5,12-13,15-20,22-29H2,1-2H3,(H2-,50,51,52,53,54,55,56,57,58)/p+1. The molecule has 5 rings (SSSR count). The van der Waals surface area contributed by atoms with Gasteiger partial charge in [0, 0.05) is 61.3 Å². The highest BCUT2D eigenvalue weighted by molar-refractivity contribution is 7.86. The quantitative estimate of drug-likeness (QED) is 0.0428. The summed E-state index contributed by atoms with van der Waals surface area (Å²) in [6, 6.07) is 11.4. The topological polar surface area (TPSA) is 283 Å². The minimum Gasteiger partial charge on any atom is -0.464 e. The second-order valence-electron chi connectivity index (χ2n) is 15.7. The highest BCUT2D eigenvalue weighted by Crippen LogP contribution is 2.51. The zero-order valence-electron chi connectivity index (χ0n) is 37.1. The molecule has 1 fully saturated rings. The summed E-state index contributed by atoms with van der Waals surface area (Å²) in [5.41, 5.74) is 2.07. The van der Waals surface area contributed by atoms with Crippen molar-refractivity contribution in [1.82, 2.24) is 9.64 Å². The van der Waals surface area contributed by atoms with Gasteiger partial charge in [-0.05, 0) is 67.3 Å². The molecular formula is C43H56N3O18S3+. The molecule has 24 heteroatoms. The minimum absolute atomic E-state index is 0.00886. The Hall–Kier alpha value is -4.89. The lowest BCUT2D eigenvalue weighted by Gasteiger charge is -2.30. The summed E-state index contributed by atoms with van der Waals surface area (Å²) in [6.45, 7) is 4.06. The number of anilines is 1. The lowest BCUT2D eigenvalue weighted by molar-refractivity contribution is -0.198. The predicted octanol–water partition coefficient (Wildman–Crippen LogP) is 2.72. The second-order valence-corrected chi connectivity index (χ2v) is 20.3. The van der Waals surface area contributed by atoms with Crippen LogP contribution in [0.5, 0.6) is 0 Å². The number of hydrogen-bond donors (Lipinski definition) is 3. The molecule has 1 atom stereocenters. The Morgan fingerprint density at radius 2 is 1.49 bits per heavy atom. The van der Waals surface area contributed by atoms with Crippen molar-refractivity contribution < 1.29 is 81.5 Å². The monoisotopic (exact) mass is 998 g/mol. The van der Waals surface area contributed by atoms with Gasteiger partial charge in [-0.15, -0.1) is 5.06 Å². The van der Waals surface area contributed by atoms with E-state index in [1.807, 2.05) is 33.8 Å². The third-order valence-corrected chi connectivity index (χ3v) is 13.4. The first-order valence-corrected chi connectivity index (χ1v) is 25.9. The van der Waals surface area contributed by atoms with Gasteiger partial charge in [0.2, 0.25) is 5.36 Å². The zero-order chi connectivity index (χ0) is 48.8. The molecule has 67 heavy (non-hydrogen) atoms. The molecule has 3 heterocycles. The van der Waals surface area contributed by atoms with Crippen molar-refractivity contribution in [3.63, 3.8) is 0 Å². The van der Waals surface area contributed by atoms with E-state index in [2.05, 4.69) is 0 Å². The fourth-order valence-corrected chi connectivity index (χ4v) is 9.18. The number of benzene rings is 2. The number of rotatable bonds is 27. The van der Waals surface area contributed by atoms with Crippen LogP contribution in [0, 0.1) is 0 Å². The van der Waals surface area contributed by atoms with Crippen LogP contribution < -0.4 is 14.8 Å². The molecule has 21 nitrogen and oxygen atoms in total. The normalized spacial score (nSPS) is 17.9. The highest BCUT2D eigenvalue weighted by Gasteiger charge is 2.44. The molecule has 3 aliphatic heterocycles. The molecule has 1 saturated heterocycles. The number of carbonyl (C=O) groups is 3. The maximum absolute atomic E-state index is 12.3. The summed E-state index contributed by atoms with van der Waals surface area (Å²) in [6.07, 6.45) is 6.93. The van der Waals surface area contributed by atoms with Gasteiger partial charge in [-0.25, -0.2) is 9.37 Å². The number of amides is 2. The molecule has 1 unspecified atom stereocenters. The average molecular weight is 999 g/mol. The summed E-state index contributed by atoms with van der Waals surface area (Å²) in [7, 11) is -11.6. The van der Waals surface area contributed by atoms with E-state index in [-0.39, 0.29) is 76.4 Å². The van der Waals surface area contributed by atoms with Gasteiger partial charge in [-0.1, -0.05) is 12.2 Å². The molecule has 1 aromatic rings. The second kappa shape index (κ2) is 23.9. The average Bonchev–Trinajstić information content (AvgIpc) is 3.69. The Labute approximate surface area is 389 Å². The number of allylic oxidation sites excluding steroid dienone is 3. The first-order valence-electron chi connectivity index (χ1n) is 21.3. The van der Waals surface area contributed by atoms with Crippen LogP contribution in [0.1, 0.15) is 56.6 Å². The Balaban J connectivity index is 1.39. The summed E-state index contributed by atoms with van der Waals surface area (Å²) < 4.78 is 130. The molecule has 0 bridgehead atoms. The molecule has 1 aromatic carbocycles. The van der Waals surface area contributed by atoms with Gasteiger partial charge in [-0.2, -0.15) is 25.3 Å². The fraction of sp³-hybridized carbons (Fsp3) is 0.488. The number of methoxy groups -OCH3 is 1. The number of ether oxygens (including phenoxy) is 4. The van der Waals surface area contributed by atoms with E-state index in [9.17, 15) is 53.3 Å². The van der Waals surface area contributed by atoms with Gasteiger partial charge in [0.15, 0.2) is 6.54 Å². The summed E-state index contributed by atoms with van der Waals surface area (Å²) in [4.78, 5) is 41.8. The Bertz CT molecular complexity index is 2670. The van der Waals surface area contributed by atoms with Crippen LogP contribution in [0.3, 0.4) is 0 Å². The van der Waals surface area contributed by atoms with Crippen LogP contribution in [-0.4, -0.2) is 146 Å². The number of imide groups is 1. The SMILES string of the molecule is COCCOCC[N+](CCCS(=O)(=O)O)=c1ccc2c(/C=C/C=C3/N(CCOCCOCCC(=O)ON4C(=O)CCC4=O)c4ccc(S(=O)(=O)O)cc4C3(C)CCCS(=O)(=O)O)ccoc-2c1. The van der Waals surface area contributed by atoms with Crippen molar-refractivity contribution in [3.8, 4) is 11.3 Å². The molecule has 4 aliphatic rings. The third-order valence-electron chi connectivity index (χ3n) is 10.9. The maximum atomic E-state index is 12.3. The van der Waals surface area contributed by atoms with Crippen molar-refractivity contribution in [3.05, 3.63) is 83.1 Å². The molecule has 0 aromatic heterocycles. The van der Waals surface area contributed by atoms with Gasteiger partial charge in [0.25, 0.3) is 42.2 Å². The molecule has 0 radical (unpaired) electrons. The molecule has 2 amide bonds. The van der Waals surface area contributed by atoms with Crippen molar-refractivity contribution in [2.24, 2.45) is 0 Å². The predicted molar refractivity (Wildman–Crippen MR) is 241 cm³/mol. The Morgan fingerprint density at radius 3 is 2.18 bits per heavy atom. The van der Waals surface area contributed by atoms with E-state index >= 15 is 0 Å². The summed E-state index contributed by atoms with van der Waals surface area (Å²) in [5, 5.41) is 1.18. The maximum Gasteiger partial charge on any atom is 0.335 e. The molecular weight excluding hydrogens is 943 g/mol. The van der Waals surface area contributed by atoms with Gasteiger partial charge in [0.05, 0.1) is 74.8 Å². The van der Waals surface area contributed by atoms with Crippen molar-refractivity contribution in [2.45, 2.75) is 55.8 Å². The van der Waals surface area contributed by atoms with E-state index in [0.717, 1.165) is 16.5 Å². The third kappa shape index (κ3) is 15.6. The van der Waals surface area contributed by atoms with Gasteiger partial charge < -0.3 is 33.1 Å². The Kier molecular flexibility index (Phi) is 18.9. The lowest BCUT2D eigenvalue weighted by Crippen LogP contribution is -2.34. The van der Waals surface area contributed by atoms with Gasteiger partial charge in [0.1, 0.15) is 18.9 Å². The molecule has 0 saturated carbocycles. The molecule has 368 valence electrons. The van der Waals surface area contributed by atoms with Crippen molar-refractivity contribution in [2.75, 3.05) is 89.4 Å². The molecule has 3 N–H and O–H groups in total. The van der Waals surface area contributed by atoms with Crippen molar-refractivity contribution in [1.29, 1.82) is 0 Å². The van der Waals surface area contributed by atoms with E-state index in [1.165, 1.54) is 24.5 Å². The van der Waals surface area contributed by atoms with Crippen LogP contribution in [0.2, 0.25) is 0 Å². The summed E-state index contributed by atoms with van der Waals surface area (Å²) >= 11 is 0. The number of fused-ring (bicyclic) bond motifs is 2. The van der Waals surface area contributed by atoms with Gasteiger partial charge >= 0.3 is 5.97 Å². The van der Waals surface area contributed by atoms with E-state index in [1.54, 1.807) is 32.3 Å².